The van der Waals surface area contributed by atoms with Gasteiger partial charge in [-0.05, 0) is 27.7 Å². The van der Waals surface area contributed by atoms with E-state index in [0.717, 1.165) is 0 Å². The van der Waals surface area contributed by atoms with E-state index in [0.29, 0.717) is 16.4 Å². The van der Waals surface area contributed by atoms with Crippen molar-refractivity contribution < 1.29 is 19.1 Å². The molecule has 0 spiro atoms. The molecule has 0 N–H and O–H groups in total. The number of thiazole rings is 1. The second-order valence-corrected chi connectivity index (χ2v) is 6.58. The minimum atomic E-state index is -0.601. The van der Waals surface area contributed by atoms with Crippen LogP contribution in [0.25, 0.3) is 0 Å². The van der Waals surface area contributed by atoms with Crippen LogP contribution in [0.3, 0.4) is 0 Å². The fourth-order valence-electron chi connectivity index (χ4n) is 1.52. The molecule has 0 aliphatic carbocycles. The summed E-state index contributed by atoms with van der Waals surface area (Å²) in [6, 6.07) is 0. The monoisotopic (exact) mass is 326 g/mol. The summed E-state index contributed by atoms with van der Waals surface area (Å²) in [6.07, 6.45) is 1.63. The van der Waals surface area contributed by atoms with Gasteiger partial charge in [0.25, 0.3) is 0 Å². The van der Waals surface area contributed by atoms with E-state index in [1.165, 1.54) is 16.2 Å². The van der Waals surface area contributed by atoms with Crippen molar-refractivity contribution in [1.29, 1.82) is 0 Å². The van der Waals surface area contributed by atoms with E-state index in [-0.39, 0.29) is 12.3 Å². The van der Waals surface area contributed by atoms with Crippen molar-refractivity contribution >= 4 is 28.5 Å². The lowest BCUT2D eigenvalue weighted by atomic mass is 10.2. The Morgan fingerprint density at radius 1 is 1.41 bits per heavy atom. The molecule has 0 aliphatic rings. The van der Waals surface area contributed by atoms with E-state index in [9.17, 15) is 9.59 Å². The molecule has 0 aliphatic heterocycles. The highest BCUT2D eigenvalue weighted by Gasteiger charge is 2.26. The highest BCUT2D eigenvalue weighted by molar-refractivity contribution is 7.16. The molecule has 1 heterocycles. The summed E-state index contributed by atoms with van der Waals surface area (Å²) in [6.45, 7) is 11.0. The smallest absolute Gasteiger partial charge is 0.416 e. The third-order valence-corrected chi connectivity index (χ3v) is 3.59. The van der Waals surface area contributed by atoms with E-state index < -0.39 is 17.7 Å². The second-order valence-electron chi connectivity index (χ2n) is 5.52. The first-order valence-electron chi connectivity index (χ1n) is 6.94. The molecule has 22 heavy (non-hydrogen) atoms. The Kier molecular flexibility index (Phi) is 6.11. The van der Waals surface area contributed by atoms with Crippen LogP contribution in [-0.2, 0) is 15.9 Å². The molecule has 0 aromatic carbocycles. The topological polar surface area (TPSA) is 68.7 Å². The normalized spacial score (nSPS) is 11.0. The Bertz CT molecular complexity index is 560. The first kappa shape index (κ1) is 18.2. The van der Waals surface area contributed by atoms with Gasteiger partial charge in [0.1, 0.15) is 5.60 Å². The maximum absolute atomic E-state index is 12.1. The zero-order valence-corrected chi connectivity index (χ0v) is 14.5. The van der Waals surface area contributed by atoms with Crippen molar-refractivity contribution in [2.75, 3.05) is 18.6 Å². The molecule has 0 fully saturated rings. The molecule has 0 saturated carbocycles. The number of aromatic nitrogens is 1. The highest BCUT2D eigenvalue weighted by Crippen LogP contribution is 2.28. The third-order valence-electron chi connectivity index (χ3n) is 2.44. The van der Waals surface area contributed by atoms with Crippen LogP contribution in [0.2, 0.25) is 0 Å². The average molecular weight is 326 g/mol. The summed E-state index contributed by atoms with van der Waals surface area (Å²) in [7, 11) is 1.56. The fourth-order valence-corrected chi connectivity index (χ4v) is 2.52. The van der Waals surface area contributed by atoms with Crippen molar-refractivity contribution in [3.63, 3.8) is 0 Å². The third kappa shape index (κ3) is 4.84. The summed E-state index contributed by atoms with van der Waals surface area (Å²) in [5, 5.41) is 0.383. The number of rotatable bonds is 5. The number of carbonyl (C=O) groups excluding carboxylic acids is 2. The van der Waals surface area contributed by atoms with Crippen LogP contribution < -0.4 is 4.90 Å². The second kappa shape index (κ2) is 7.40. The summed E-state index contributed by atoms with van der Waals surface area (Å²) in [4.78, 5) is 30.2. The largest absolute Gasteiger partial charge is 0.461 e. The van der Waals surface area contributed by atoms with Crippen LogP contribution in [0.1, 0.15) is 43.1 Å². The van der Waals surface area contributed by atoms with Gasteiger partial charge in [-0.25, -0.2) is 14.6 Å². The first-order chi connectivity index (χ1) is 10.2. The number of esters is 1. The van der Waals surface area contributed by atoms with Crippen LogP contribution >= 0.6 is 11.3 Å². The van der Waals surface area contributed by atoms with Crippen molar-refractivity contribution in [1.82, 2.24) is 4.98 Å². The first-order valence-corrected chi connectivity index (χ1v) is 7.75. The van der Waals surface area contributed by atoms with Crippen LogP contribution in [0.5, 0.6) is 0 Å². The molecular formula is C15H22N2O4S. The molecule has 1 aromatic rings. The number of nitrogens with zero attached hydrogens (tertiary/aromatic N) is 2. The molecule has 1 amide bonds. The van der Waals surface area contributed by atoms with E-state index >= 15 is 0 Å². The zero-order valence-electron chi connectivity index (χ0n) is 13.6. The van der Waals surface area contributed by atoms with Gasteiger partial charge in [-0.3, -0.25) is 4.90 Å². The maximum Gasteiger partial charge on any atom is 0.416 e. The van der Waals surface area contributed by atoms with Gasteiger partial charge in [0, 0.05) is 18.3 Å². The fraction of sp³-hybridized carbons (Fsp3) is 0.533. The van der Waals surface area contributed by atoms with Gasteiger partial charge in [0.15, 0.2) is 10.8 Å². The minimum absolute atomic E-state index is 0.220. The molecule has 0 radical (unpaired) electrons. The lowest BCUT2D eigenvalue weighted by Gasteiger charge is -2.23. The number of ether oxygens (including phenoxy) is 2. The molecule has 1 aromatic heterocycles. The van der Waals surface area contributed by atoms with E-state index in [2.05, 4.69) is 11.6 Å². The minimum Gasteiger partial charge on any atom is -0.461 e. The molecule has 0 atom stereocenters. The Morgan fingerprint density at radius 2 is 2.05 bits per heavy atom. The number of anilines is 1. The number of allylic oxidation sites excluding steroid dienone is 1. The highest BCUT2D eigenvalue weighted by atomic mass is 32.1. The van der Waals surface area contributed by atoms with E-state index in [1.54, 1.807) is 40.8 Å². The molecule has 1 rings (SSSR count). The van der Waals surface area contributed by atoms with Crippen LogP contribution in [0, 0.1) is 0 Å². The average Bonchev–Trinajstić information content (AvgIpc) is 2.80. The van der Waals surface area contributed by atoms with Crippen molar-refractivity contribution in [3.05, 3.63) is 23.2 Å². The Morgan fingerprint density at radius 3 is 2.55 bits per heavy atom. The van der Waals surface area contributed by atoms with Gasteiger partial charge in [-0.2, -0.15) is 0 Å². The number of hydrogen-bond donors (Lipinski definition) is 0. The quantitative estimate of drug-likeness (QED) is 0.612. The summed E-state index contributed by atoms with van der Waals surface area (Å²) < 4.78 is 10.3. The number of carbonyl (C=O) groups is 2. The molecule has 0 unspecified atom stereocenters. The van der Waals surface area contributed by atoms with Crippen molar-refractivity contribution in [3.8, 4) is 0 Å². The number of amides is 1. The molecule has 0 saturated heterocycles. The Labute approximate surface area is 134 Å². The Hall–Kier alpha value is -1.89. The predicted molar refractivity (Wildman–Crippen MR) is 86.6 cm³/mol. The molecular weight excluding hydrogens is 304 g/mol. The SMILES string of the molecule is C=CCc1sc(N(C)C(=O)OC(C)(C)C)nc1C(=O)OCC. The van der Waals surface area contributed by atoms with Gasteiger partial charge in [0.05, 0.1) is 6.61 Å². The van der Waals surface area contributed by atoms with Gasteiger partial charge < -0.3 is 9.47 Å². The van der Waals surface area contributed by atoms with Gasteiger partial charge in [-0.15, -0.1) is 17.9 Å². The van der Waals surface area contributed by atoms with Gasteiger partial charge in [-0.1, -0.05) is 6.08 Å². The van der Waals surface area contributed by atoms with Crippen LogP contribution in [-0.4, -0.2) is 36.3 Å². The van der Waals surface area contributed by atoms with Gasteiger partial charge >= 0.3 is 12.1 Å². The lowest BCUT2D eigenvalue weighted by molar-refractivity contribution is 0.0516. The van der Waals surface area contributed by atoms with Crippen molar-refractivity contribution in [2.45, 2.75) is 39.7 Å². The van der Waals surface area contributed by atoms with Gasteiger partial charge in [0.2, 0.25) is 0 Å². The summed E-state index contributed by atoms with van der Waals surface area (Å²) >= 11 is 1.24. The van der Waals surface area contributed by atoms with E-state index in [1.807, 2.05) is 0 Å². The van der Waals surface area contributed by atoms with Crippen molar-refractivity contribution in [2.24, 2.45) is 0 Å². The molecule has 6 nitrogen and oxygen atoms in total. The zero-order chi connectivity index (χ0) is 16.9. The van der Waals surface area contributed by atoms with E-state index in [4.69, 9.17) is 9.47 Å². The standard InChI is InChI=1S/C15H22N2O4S/c1-7-9-10-11(12(18)20-8-2)16-13(22-10)17(6)14(19)21-15(3,4)5/h7H,1,8-9H2,2-6H3. The maximum atomic E-state index is 12.1. The summed E-state index contributed by atoms with van der Waals surface area (Å²) in [5.41, 5.74) is -0.381. The van der Waals surface area contributed by atoms with Crippen LogP contribution in [0.4, 0.5) is 9.93 Å². The predicted octanol–water partition coefficient (Wildman–Crippen LogP) is 3.42. The van der Waals surface area contributed by atoms with Crippen LogP contribution in [0.15, 0.2) is 12.7 Å². The lowest BCUT2D eigenvalue weighted by Crippen LogP contribution is -2.34. The molecule has 0 bridgehead atoms. The number of hydrogen-bond acceptors (Lipinski definition) is 6. The summed E-state index contributed by atoms with van der Waals surface area (Å²) in [5.74, 6) is -0.501. The molecule has 7 heteroatoms. The Balaban J connectivity index is 3.04. The molecule has 122 valence electrons.